The Balaban J connectivity index is 1.79. The lowest BCUT2D eigenvalue weighted by Gasteiger charge is -2.18. The molecule has 1 fully saturated rings. The van der Waals surface area contributed by atoms with Crippen LogP contribution in [-0.2, 0) is 14.8 Å². The number of amides is 1. The van der Waals surface area contributed by atoms with Crippen LogP contribution in [0.4, 0.5) is 0 Å². The molecule has 0 spiro atoms. The Hall–Kier alpha value is -2.69. The smallest absolute Gasteiger partial charge is 0.242 e. The molecule has 34 heavy (non-hydrogen) atoms. The molecule has 0 aliphatic heterocycles. The fraction of sp³-hybridized carbons (Fsp3) is 0.375. The second-order valence-corrected chi connectivity index (χ2v) is 11.8. The van der Waals surface area contributed by atoms with Crippen LogP contribution in [0.2, 0.25) is 0 Å². The van der Waals surface area contributed by atoms with E-state index >= 15 is 0 Å². The Morgan fingerprint density at radius 3 is 2.32 bits per heavy atom. The highest BCUT2D eigenvalue weighted by Crippen LogP contribution is 2.33. The summed E-state index contributed by atoms with van der Waals surface area (Å²) in [5, 5.41) is 9.45. The van der Waals surface area contributed by atoms with E-state index in [0.717, 1.165) is 29.7 Å². The molecule has 1 aliphatic rings. The number of carbonyl (C=O) groups is 1. The van der Waals surface area contributed by atoms with Crippen LogP contribution in [0.15, 0.2) is 52.5 Å². The summed E-state index contributed by atoms with van der Waals surface area (Å²) >= 11 is 1.34. The summed E-state index contributed by atoms with van der Waals surface area (Å²) in [6, 6.07) is 13.1. The van der Waals surface area contributed by atoms with Gasteiger partial charge in [0, 0.05) is 32.7 Å². The van der Waals surface area contributed by atoms with Gasteiger partial charge in [0.15, 0.2) is 11.0 Å². The number of aromatic nitrogens is 3. The molecule has 0 atom stereocenters. The van der Waals surface area contributed by atoms with E-state index < -0.39 is 10.0 Å². The molecule has 0 bridgehead atoms. The van der Waals surface area contributed by atoms with Crippen LogP contribution < -0.4 is 0 Å². The lowest BCUT2D eigenvalue weighted by Crippen LogP contribution is -2.30. The number of thioether (sulfide) groups is 1. The molecule has 1 saturated carbocycles. The molecular weight excluding hydrogens is 470 g/mol. The number of para-hydroxylation sites is 1. The summed E-state index contributed by atoms with van der Waals surface area (Å²) in [6.45, 7) is 4.03. The van der Waals surface area contributed by atoms with E-state index in [1.165, 1.54) is 30.2 Å². The Kier molecular flexibility index (Phi) is 6.84. The maximum Gasteiger partial charge on any atom is 0.242 e. The van der Waals surface area contributed by atoms with E-state index in [4.69, 9.17) is 0 Å². The van der Waals surface area contributed by atoms with Gasteiger partial charge < -0.3 is 4.90 Å². The first-order valence-electron chi connectivity index (χ1n) is 11.0. The Labute approximate surface area is 205 Å². The fourth-order valence-corrected chi connectivity index (χ4v) is 5.62. The number of carbonyl (C=O) groups excluding carboxylic acids is 1. The normalized spacial score (nSPS) is 13.9. The highest BCUT2D eigenvalue weighted by Gasteiger charge is 2.30. The number of aryl methyl sites for hydroxylation is 2. The molecule has 1 aliphatic carbocycles. The van der Waals surface area contributed by atoms with E-state index in [2.05, 4.69) is 10.2 Å². The zero-order valence-electron chi connectivity index (χ0n) is 20.0. The molecule has 10 heteroatoms. The molecule has 1 heterocycles. The molecule has 1 amide bonds. The predicted octanol–water partition coefficient (Wildman–Crippen LogP) is 3.51. The topological polar surface area (TPSA) is 88.4 Å². The predicted molar refractivity (Wildman–Crippen MR) is 134 cm³/mol. The Morgan fingerprint density at radius 1 is 1.06 bits per heavy atom. The van der Waals surface area contributed by atoms with Crippen molar-refractivity contribution in [1.82, 2.24) is 24.0 Å². The van der Waals surface area contributed by atoms with Gasteiger partial charge in [-0.2, -0.15) is 0 Å². The number of hydrogen-bond acceptors (Lipinski definition) is 6. The van der Waals surface area contributed by atoms with Crippen LogP contribution in [-0.4, -0.2) is 71.2 Å². The maximum absolute atomic E-state index is 12.7. The van der Waals surface area contributed by atoms with Crippen molar-refractivity contribution in [2.45, 2.75) is 42.8 Å². The molecule has 180 valence electrons. The van der Waals surface area contributed by atoms with Gasteiger partial charge >= 0.3 is 0 Å². The van der Waals surface area contributed by atoms with Gasteiger partial charge in [-0.15, -0.1) is 10.2 Å². The van der Waals surface area contributed by atoms with Gasteiger partial charge in [0.05, 0.1) is 16.3 Å². The van der Waals surface area contributed by atoms with Crippen molar-refractivity contribution >= 4 is 27.7 Å². The summed E-state index contributed by atoms with van der Waals surface area (Å²) in [6.07, 6.45) is 2.11. The Bertz CT molecular complexity index is 1310. The largest absolute Gasteiger partial charge is 0.342 e. The van der Waals surface area contributed by atoms with Gasteiger partial charge in [-0.3, -0.25) is 9.36 Å². The van der Waals surface area contributed by atoms with Crippen molar-refractivity contribution in [3.05, 3.63) is 53.6 Å². The number of hydrogen-bond donors (Lipinski definition) is 0. The van der Waals surface area contributed by atoms with Crippen LogP contribution in [0, 0.1) is 13.8 Å². The van der Waals surface area contributed by atoms with E-state index in [1.54, 1.807) is 18.2 Å². The first-order chi connectivity index (χ1) is 16.1. The van der Waals surface area contributed by atoms with Gasteiger partial charge in [-0.25, -0.2) is 12.7 Å². The van der Waals surface area contributed by atoms with Gasteiger partial charge in [0.1, 0.15) is 0 Å². The van der Waals surface area contributed by atoms with E-state index in [0.29, 0.717) is 22.6 Å². The fourth-order valence-electron chi connectivity index (χ4n) is 3.81. The van der Waals surface area contributed by atoms with Crippen LogP contribution in [0.25, 0.3) is 17.1 Å². The summed E-state index contributed by atoms with van der Waals surface area (Å²) in [5.41, 5.74) is 3.61. The van der Waals surface area contributed by atoms with E-state index in [1.807, 2.05) is 54.6 Å². The zero-order chi connectivity index (χ0) is 24.6. The first-order valence-corrected chi connectivity index (χ1v) is 13.5. The van der Waals surface area contributed by atoms with Gasteiger partial charge in [-0.05, 0) is 49.9 Å². The molecule has 2 aromatic carbocycles. The lowest BCUT2D eigenvalue weighted by atomic mass is 10.1. The average Bonchev–Trinajstić information content (AvgIpc) is 3.57. The van der Waals surface area contributed by atoms with Gasteiger partial charge in [0.2, 0.25) is 15.9 Å². The first kappa shape index (κ1) is 24.4. The monoisotopic (exact) mass is 499 g/mol. The minimum absolute atomic E-state index is 0.0594. The third kappa shape index (κ3) is 4.75. The summed E-state index contributed by atoms with van der Waals surface area (Å²) in [4.78, 5) is 14.6. The van der Waals surface area contributed by atoms with Crippen LogP contribution >= 0.6 is 11.8 Å². The second-order valence-electron chi connectivity index (χ2n) is 8.72. The minimum Gasteiger partial charge on any atom is -0.342 e. The standard InChI is InChI=1S/C24H29N5O3S2/c1-16-8-6-9-17(2)22(16)29-23(18-10-7-11-20(14-18)34(31,32)27(3)4)25-26-24(29)33-15-21(30)28(5)19-12-13-19/h6-11,14,19H,12-13,15H2,1-5H3. The van der Waals surface area contributed by atoms with Crippen molar-refractivity contribution in [2.75, 3.05) is 26.9 Å². The summed E-state index contributed by atoms with van der Waals surface area (Å²) in [7, 11) is 1.25. The molecule has 4 rings (SSSR count). The third-order valence-corrected chi connectivity index (χ3v) is 8.70. The maximum atomic E-state index is 12.7. The van der Waals surface area contributed by atoms with Gasteiger partial charge in [0.25, 0.3) is 0 Å². The molecule has 0 saturated heterocycles. The third-order valence-electron chi connectivity index (χ3n) is 5.98. The SMILES string of the molecule is Cc1cccc(C)c1-n1c(SCC(=O)N(C)C2CC2)nnc1-c1cccc(S(=O)(=O)N(C)C)c1. The van der Waals surface area contributed by atoms with Crippen molar-refractivity contribution < 1.29 is 13.2 Å². The van der Waals surface area contributed by atoms with Gasteiger partial charge in [-0.1, -0.05) is 42.1 Å². The number of nitrogens with zero attached hydrogens (tertiary/aromatic N) is 5. The van der Waals surface area contributed by atoms with Crippen LogP contribution in [0.5, 0.6) is 0 Å². The quantitative estimate of drug-likeness (QED) is 0.441. The van der Waals surface area contributed by atoms with Crippen molar-refractivity contribution in [2.24, 2.45) is 0 Å². The van der Waals surface area contributed by atoms with E-state index in [9.17, 15) is 13.2 Å². The average molecular weight is 500 g/mol. The van der Waals surface area contributed by atoms with Crippen molar-refractivity contribution in [3.8, 4) is 17.1 Å². The molecule has 0 N–H and O–H groups in total. The van der Waals surface area contributed by atoms with Crippen molar-refractivity contribution in [3.63, 3.8) is 0 Å². The molecule has 8 nitrogen and oxygen atoms in total. The second kappa shape index (κ2) is 9.52. The highest BCUT2D eigenvalue weighted by atomic mass is 32.2. The summed E-state index contributed by atoms with van der Waals surface area (Å²) in [5.74, 6) is 0.841. The number of rotatable bonds is 8. The zero-order valence-corrected chi connectivity index (χ0v) is 21.7. The lowest BCUT2D eigenvalue weighted by molar-refractivity contribution is -0.127. The highest BCUT2D eigenvalue weighted by molar-refractivity contribution is 7.99. The molecular formula is C24H29N5O3S2. The molecule has 1 aromatic heterocycles. The Morgan fingerprint density at radius 2 is 1.71 bits per heavy atom. The molecule has 0 radical (unpaired) electrons. The minimum atomic E-state index is -3.61. The molecule has 0 unspecified atom stereocenters. The number of benzene rings is 2. The number of sulfonamides is 1. The van der Waals surface area contributed by atoms with Crippen molar-refractivity contribution in [1.29, 1.82) is 0 Å². The van der Waals surface area contributed by atoms with E-state index in [-0.39, 0.29) is 16.6 Å². The summed E-state index contributed by atoms with van der Waals surface area (Å²) < 4.78 is 28.6. The molecule has 3 aromatic rings. The van der Waals surface area contributed by atoms with Crippen LogP contribution in [0.1, 0.15) is 24.0 Å². The van der Waals surface area contributed by atoms with Crippen LogP contribution in [0.3, 0.4) is 0 Å².